The van der Waals surface area contributed by atoms with Crippen molar-refractivity contribution in [3.8, 4) is 5.69 Å². The van der Waals surface area contributed by atoms with Crippen molar-refractivity contribution in [2.75, 3.05) is 11.1 Å². The van der Waals surface area contributed by atoms with Gasteiger partial charge in [0.25, 0.3) is 5.56 Å². The van der Waals surface area contributed by atoms with Gasteiger partial charge in [-0.2, -0.15) is 0 Å². The number of hydrogen-bond acceptors (Lipinski definition) is 7. The Bertz CT molecular complexity index is 1570. The van der Waals surface area contributed by atoms with Crippen LogP contribution in [0.1, 0.15) is 31.0 Å². The van der Waals surface area contributed by atoms with Gasteiger partial charge in [0.05, 0.1) is 28.0 Å². The minimum Gasteiger partial charge on any atom is -0.338 e. The van der Waals surface area contributed by atoms with Crippen LogP contribution in [0.25, 0.3) is 22.4 Å². The van der Waals surface area contributed by atoms with E-state index in [0.717, 1.165) is 11.3 Å². The number of aryl methyl sites for hydroxylation is 1. The van der Waals surface area contributed by atoms with E-state index in [9.17, 15) is 9.59 Å². The van der Waals surface area contributed by atoms with Gasteiger partial charge in [0, 0.05) is 6.07 Å². The summed E-state index contributed by atoms with van der Waals surface area (Å²) in [5.41, 5.74) is 3.05. The van der Waals surface area contributed by atoms with Gasteiger partial charge in [0.15, 0.2) is 5.16 Å². The molecule has 0 aliphatic rings. The van der Waals surface area contributed by atoms with Crippen molar-refractivity contribution in [1.82, 2.24) is 24.3 Å². The third-order valence-electron chi connectivity index (χ3n) is 5.40. The van der Waals surface area contributed by atoms with Gasteiger partial charge < -0.3 is 4.52 Å². The molecule has 0 bridgehead atoms. The first-order valence-corrected chi connectivity index (χ1v) is 11.8. The van der Waals surface area contributed by atoms with Crippen molar-refractivity contribution in [3.63, 3.8) is 0 Å². The fraction of sp³-hybridized carbons (Fsp3) is 0.208. The molecule has 10 heteroatoms. The minimum absolute atomic E-state index is 0.0799. The Morgan fingerprint density at radius 1 is 1.12 bits per heavy atom. The maximum absolute atomic E-state index is 13.4. The summed E-state index contributed by atoms with van der Waals surface area (Å²) >= 11 is 1.22. The molecule has 5 rings (SSSR count). The summed E-state index contributed by atoms with van der Waals surface area (Å²) in [6.07, 6.45) is 0. The number of thioether (sulfide) groups is 1. The van der Waals surface area contributed by atoms with E-state index < -0.39 is 0 Å². The van der Waals surface area contributed by atoms with Crippen molar-refractivity contribution in [1.29, 1.82) is 0 Å². The fourth-order valence-corrected chi connectivity index (χ4v) is 4.36. The molecular formula is C24H22N6O3S. The quantitative estimate of drug-likeness (QED) is 0.368. The third-order valence-corrected chi connectivity index (χ3v) is 6.33. The highest BCUT2D eigenvalue weighted by Crippen LogP contribution is 2.24. The molecule has 9 nitrogen and oxygen atoms in total. The number of nitrogens with one attached hydrogen (secondary N) is 1. The fourth-order valence-electron chi connectivity index (χ4n) is 3.62. The summed E-state index contributed by atoms with van der Waals surface area (Å²) in [4.78, 5) is 25.9. The first kappa shape index (κ1) is 21.9. The predicted molar refractivity (Wildman–Crippen MR) is 131 cm³/mol. The molecule has 0 spiro atoms. The molecule has 0 unspecified atom stereocenters. The van der Waals surface area contributed by atoms with Crippen LogP contribution in [0.15, 0.2) is 69.1 Å². The van der Waals surface area contributed by atoms with E-state index in [4.69, 9.17) is 4.52 Å². The molecule has 172 valence electrons. The van der Waals surface area contributed by atoms with Crippen molar-refractivity contribution in [3.05, 3.63) is 76.2 Å². The largest absolute Gasteiger partial charge is 0.338 e. The number of nitrogens with zero attached hydrogens (tertiary/aromatic N) is 5. The van der Waals surface area contributed by atoms with Crippen LogP contribution in [0.4, 0.5) is 5.88 Å². The lowest BCUT2D eigenvalue weighted by Crippen LogP contribution is -2.22. The van der Waals surface area contributed by atoms with Crippen LogP contribution in [0, 0.1) is 6.92 Å². The maximum atomic E-state index is 13.4. The second kappa shape index (κ2) is 8.79. The zero-order chi connectivity index (χ0) is 23.8. The smallest absolute Gasteiger partial charge is 0.267 e. The second-order valence-electron chi connectivity index (χ2n) is 8.22. The Labute approximate surface area is 198 Å². The summed E-state index contributed by atoms with van der Waals surface area (Å²) < 4.78 is 8.53. The van der Waals surface area contributed by atoms with Crippen molar-refractivity contribution >= 4 is 40.2 Å². The first-order chi connectivity index (χ1) is 16.4. The third kappa shape index (κ3) is 3.96. The molecule has 0 aliphatic heterocycles. The summed E-state index contributed by atoms with van der Waals surface area (Å²) in [5.74, 6) is 0.706. The number of aromatic nitrogens is 5. The molecule has 34 heavy (non-hydrogen) atoms. The number of carbonyl (C=O) groups is 1. The molecule has 1 N–H and O–H groups in total. The number of fused-ring (bicyclic) bond motifs is 3. The normalized spacial score (nSPS) is 11.5. The molecular weight excluding hydrogens is 452 g/mol. The van der Waals surface area contributed by atoms with E-state index in [1.807, 2.05) is 63.2 Å². The Morgan fingerprint density at radius 3 is 2.62 bits per heavy atom. The molecule has 0 aliphatic carbocycles. The van der Waals surface area contributed by atoms with Gasteiger partial charge in [-0.25, -0.2) is 4.57 Å². The van der Waals surface area contributed by atoms with Gasteiger partial charge >= 0.3 is 0 Å². The molecule has 0 radical (unpaired) electrons. The number of hydrogen-bond donors (Lipinski definition) is 1. The van der Waals surface area contributed by atoms with Gasteiger partial charge in [-0.15, -0.1) is 10.2 Å². The highest BCUT2D eigenvalue weighted by atomic mass is 32.2. The van der Waals surface area contributed by atoms with Gasteiger partial charge in [-0.3, -0.25) is 19.3 Å². The zero-order valence-electron chi connectivity index (χ0n) is 18.8. The van der Waals surface area contributed by atoms with E-state index in [1.54, 1.807) is 21.1 Å². The Morgan fingerprint density at radius 2 is 1.88 bits per heavy atom. The average molecular weight is 475 g/mol. The van der Waals surface area contributed by atoms with Crippen LogP contribution < -0.4 is 10.9 Å². The number of carbonyl (C=O) groups excluding carboxylic acids is 1. The molecule has 0 saturated heterocycles. The summed E-state index contributed by atoms with van der Waals surface area (Å²) in [6.45, 7) is 5.98. The zero-order valence-corrected chi connectivity index (χ0v) is 19.7. The van der Waals surface area contributed by atoms with E-state index in [0.29, 0.717) is 33.4 Å². The lowest BCUT2D eigenvalue weighted by Gasteiger charge is -2.11. The summed E-state index contributed by atoms with van der Waals surface area (Å²) in [6, 6.07) is 16.7. The van der Waals surface area contributed by atoms with Gasteiger partial charge in [0.2, 0.25) is 17.6 Å². The van der Waals surface area contributed by atoms with Gasteiger partial charge in [-0.05, 0) is 37.1 Å². The SMILES string of the molecule is Cc1ccc(-n2c(=O)c3ccccc3n3c(SCC(=O)Nc4cc(C(C)C)no4)nnc23)cc1. The predicted octanol–water partition coefficient (Wildman–Crippen LogP) is 4.18. The Balaban J connectivity index is 1.50. The minimum atomic E-state index is -0.260. The van der Waals surface area contributed by atoms with Crippen LogP contribution in [0.3, 0.4) is 0 Å². The van der Waals surface area contributed by atoms with E-state index >= 15 is 0 Å². The van der Waals surface area contributed by atoms with Crippen molar-refractivity contribution < 1.29 is 9.32 Å². The average Bonchev–Trinajstić information content (AvgIpc) is 3.46. The highest BCUT2D eigenvalue weighted by Gasteiger charge is 2.19. The van der Waals surface area contributed by atoms with Crippen LogP contribution in [0.2, 0.25) is 0 Å². The number of rotatable bonds is 6. The molecule has 2 aromatic carbocycles. The standard InChI is InChI=1S/C24H22N6O3S/c1-14(2)18-12-21(33-28-18)25-20(31)13-34-24-27-26-23-29(16-10-8-15(3)9-11-16)22(32)17-6-4-5-7-19(17)30(23)24/h4-12,14H,13H2,1-3H3,(H,25,31). The second-order valence-corrected chi connectivity index (χ2v) is 9.16. The van der Waals surface area contributed by atoms with Gasteiger partial charge in [-0.1, -0.05) is 60.6 Å². The Kier molecular flexibility index (Phi) is 5.66. The highest BCUT2D eigenvalue weighted by molar-refractivity contribution is 7.99. The van der Waals surface area contributed by atoms with Crippen LogP contribution in [0.5, 0.6) is 0 Å². The molecule has 5 aromatic rings. The summed E-state index contributed by atoms with van der Waals surface area (Å²) in [7, 11) is 0. The van der Waals surface area contributed by atoms with Crippen molar-refractivity contribution in [2.24, 2.45) is 0 Å². The van der Waals surface area contributed by atoms with Gasteiger partial charge in [0.1, 0.15) is 0 Å². The number of anilines is 1. The maximum Gasteiger partial charge on any atom is 0.267 e. The monoisotopic (exact) mass is 474 g/mol. The number of para-hydroxylation sites is 1. The van der Waals surface area contributed by atoms with E-state index in [1.165, 1.54) is 11.8 Å². The molecule has 3 heterocycles. The first-order valence-electron chi connectivity index (χ1n) is 10.8. The summed E-state index contributed by atoms with van der Waals surface area (Å²) in [5, 5.41) is 16.3. The molecule has 0 atom stereocenters. The number of benzene rings is 2. The van der Waals surface area contributed by atoms with Crippen LogP contribution in [-0.4, -0.2) is 36.0 Å². The molecule has 0 saturated carbocycles. The van der Waals surface area contributed by atoms with Crippen molar-refractivity contribution in [2.45, 2.75) is 31.8 Å². The number of amides is 1. The topological polar surface area (TPSA) is 107 Å². The molecule has 0 fully saturated rings. The molecule has 3 aromatic heterocycles. The molecule has 1 amide bonds. The lowest BCUT2D eigenvalue weighted by molar-refractivity contribution is -0.113. The Hall–Kier alpha value is -3.92. The van der Waals surface area contributed by atoms with E-state index in [2.05, 4.69) is 20.7 Å². The van der Waals surface area contributed by atoms with E-state index in [-0.39, 0.29) is 23.1 Å². The lowest BCUT2D eigenvalue weighted by atomic mass is 10.1. The van der Waals surface area contributed by atoms with Crippen LogP contribution in [-0.2, 0) is 4.79 Å². The van der Waals surface area contributed by atoms with Crippen LogP contribution >= 0.6 is 11.8 Å².